The van der Waals surface area contributed by atoms with Gasteiger partial charge in [-0.15, -0.1) is 0 Å². The Morgan fingerprint density at radius 2 is 1.73 bits per heavy atom. The zero-order valence-corrected chi connectivity index (χ0v) is 12.4. The fourth-order valence-electron chi connectivity index (χ4n) is 0.876. The van der Waals surface area contributed by atoms with Crippen LogP contribution >= 0.6 is 0 Å². The predicted molar refractivity (Wildman–Crippen MR) is 70.3 cm³/mol. The van der Waals surface area contributed by atoms with Crippen LogP contribution in [0.2, 0.25) is 13.1 Å². The van der Waals surface area contributed by atoms with Crippen LogP contribution in [0.5, 0.6) is 0 Å². The van der Waals surface area contributed by atoms with Gasteiger partial charge in [-0.05, 0) is 30.2 Å². The van der Waals surface area contributed by atoms with Crippen LogP contribution in [0.3, 0.4) is 0 Å². The summed E-state index contributed by atoms with van der Waals surface area (Å²) in [5, 5.41) is 0. The third-order valence-corrected chi connectivity index (χ3v) is 2.77. The van der Waals surface area contributed by atoms with E-state index >= 15 is 0 Å². The summed E-state index contributed by atoms with van der Waals surface area (Å²) < 4.78 is 5.84. The second-order valence-corrected chi connectivity index (χ2v) is 7.65. The van der Waals surface area contributed by atoms with Gasteiger partial charge in [0.05, 0.1) is 0 Å². The highest BCUT2D eigenvalue weighted by Gasteiger charge is 2.15. The standard InChI is InChI=1S/C12H25NOSi/c1-10(12(2,3)4)9-11(13(5)6)14-15(7)8/h9,15H,1H2,2-8H3/b11-9+. The van der Waals surface area contributed by atoms with Crippen molar-refractivity contribution in [2.45, 2.75) is 33.9 Å². The lowest BCUT2D eigenvalue weighted by Gasteiger charge is -2.24. The first-order chi connectivity index (χ1) is 6.64. The molecule has 0 unspecified atom stereocenters. The molecular weight excluding hydrogens is 202 g/mol. The first-order valence-corrected chi connectivity index (χ1v) is 8.17. The van der Waals surface area contributed by atoms with Gasteiger partial charge in [-0.25, -0.2) is 0 Å². The summed E-state index contributed by atoms with van der Waals surface area (Å²) in [5.74, 6) is 0.927. The molecule has 0 aliphatic carbocycles. The van der Waals surface area contributed by atoms with E-state index in [9.17, 15) is 0 Å². The Bertz CT molecular complexity index is 249. The molecule has 88 valence electrons. The minimum atomic E-state index is -1.05. The topological polar surface area (TPSA) is 12.5 Å². The van der Waals surface area contributed by atoms with Crippen LogP contribution in [0.4, 0.5) is 0 Å². The van der Waals surface area contributed by atoms with Crippen LogP contribution < -0.4 is 0 Å². The van der Waals surface area contributed by atoms with Gasteiger partial charge >= 0.3 is 0 Å². The maximum Gasteiger partial charge on any atom is 0.231 e. The highest BCUT2D eigenvalue weighted by atomic mass is 28.3. The number of nitrogens with zero attached hydrogens (tertiary/aromatic N) is 1. The maximum atomic E-state index is 5.84. The van der Waals surface area contributed by atoms with Gasteiger partial charge in [0.2, 0.25) is 9.04 Å². The molecule has 0 bridgehead atoms. The Morgan fingerprint density at radius 1 is 1.27 bits per heavy atom. The first-order valence-electron chi connectivity index (χ1n) is 5.39. The molecule has 0 fully saturated rings. The molecule has 0 amide bonds. The molecule has 0 aromatic carbocycles. The van der Waals surface area contributed by atoms with E-state index in [2.05, 4.69) is 40.4 Å². The van der Waals surface area contributed by atoms with E-state index in [0.717, 1.165) is 11.5 Å². The zero-order valence-electron chi connectivity index (χ0n) is 11.2. The van der Waals surface area contributed by atoms with Crippen LogP contribution in [0.25, 0.3) is 0 Å². The van der Waals surface area contributed by atoms with Crippen molar-refractivity contribution in [2.75, 3.05) is 14.1 Å². The molecule has 0 heterocycles. The molecule has 0 radical (unpaired) electrons. The second-order valence-electron chi connectivity index (χ2n) is 5.32. The monoisotopic (exact) mass is 227 g/mol. The van der Waals surface area contributed by atoms with Crippen molar-refractivity contribution in [2.24, 2.45) is 5.41 Å². The van der Waals surface area contributed by atoms with E-state index in [1.165, 1.54) is 0 Å². The molecule has 0 atom stereocenters. The van der Waals surface area contributed by atoms with Crippen molar-refractivity contribution in [3.63, 3.8) is 0 Å². The number of rotatable bonds is 4. The van der Waals surface area contributed by atoms with Crippen LogP contribution in [0.15, 0.2) is 24.1 Å². The summed E-state index contributed by atoms with van der Waals surface area (Å²) in [7, 11) is 2.95. The Balaban J connectivity index is 4.77. The molecule has 0 rings (SSSR count). The molecule has 0 aromatic rings. The summed E-state index contributed by atoms with van der Waals surface area (Å²) in [5.41, 5.74) is 1.20. The highest BCUT2D eigenvalue weighted by Crippen LogP contribution is 2.26. The fourth-order valence-corrected chi connectivity index (χ4v) is 1.64. The molecule has 2 nitrogen and oxygen atoms in total. The molecule has 0 aromatic heterocycles. The lowest BCUT2D eigenvalue weighted by molar-refractivity contribution is 0.284. The van der Waals surface area contributed by atoms with Crippen LogP contribution in [-0.4, -0.2) is 28.0 Å². The third-order valence-electron chi connectivity index (χ3n) is 2.06. The second kappa shape index (κ2) is 5.40. The summed E-state index contributed by atoms with van der Waals surface area (Å²) in [6.07, 6.45) is 2.05. The van der Waals surface area contributed by atoms with E-state index in [-0.39, 0.29) is 5.41 Å². The average Bonchev–Trinajstić information content (AvgIpc) is 1.99. The lowest BCUT2D eigenvalue weighted by Crippen LogP contribution is -2.20. The molecule has 3 heteroatoms. The summed E-state index contributed by atoms with van der Waals surface area (Å²) in [4.78, 5) is 2.00. The quantitative estimate of drug-likeness (QED) is 0.416. The molecule has 0 spiro atoms. The fraction of sp³-hybridized carbons (Fsp3) is 0.667. The third kappa shape index (κ3) is 5.67. The van der Waals surface area contributed by atoms with Crippen LogP contribution in [0, 0.1) is 5.41 Å². The van der Waals surface area contributed by atoms with Gasteiger partial charge in [0.15, 0.2) is 5.88 Å². The average molecular weight is 227 g/mol. The lowest BCUT2D eigenvalue weighted by atomic mass is 9.87. The van der Waals surface area contributed by atoms with Crippen molar-refractivity contribution in [3.8, 4) is 0 Å². The number of allylic oxidation sites excluding steroid dienone is 2. The Hall–Kier alpha value is -0.703. The minimum Gasteiger partial charge on any atom is -0.535 e. The molecule has 0 aliphatic rings. The maximum absolute atomic E-state index is 5.84. The normalized spacial score (nSPS) is 12.9. The van der Waals surface area contributed by atoms with Crippen molar-refractivity contribution in [3.05, 3.63) is 24.1 Å². The molecule has 15 heavy (non-hydrogen) atoms. The van der Waals surface area contributed by atoms with Gasteiger partial charge in [0, 0.05) is 14.1 Å². The molecule has 0 saturated heterocycles. The summed E-state index contributed by atoms with van der Waals surface area (Å²) in [6.45, 7) is 14.9. The van der Waals surface area contributed by atoms with Crippen molar-refractivity contribution in [1.29, 1.82) is 0 Å². The highest BCUT2D eigenvalue weighted by molar-refractivity contribution is 6.48. The van der Waals surface area contributed by atoms with Crippen LogP contribution in [-0.2, 0) is 4.43 Å². The first kappa shape index (κ1) is 14.3. The van der Waals surface area contributed by atoms with E-state index in [4.69, 9.17) is 4.43 Å². The summed E-state index contributed by atoms with van der Waals surface area (Å²) >= 11 is 0. The van der Waals surface area contributed by atoms with Crippen molar-refractivity contribution >= 4 is 9.04 Å². The molecule has 0 N–H and O–H groups in total. The van der Waals surface area contributed by atoms with Crippen molar-refractivity contribution < 1.29 is 4.43 Å². The van der Waals surface area contributed by atoms with Crippen molar-refractivity contribution in [1.82, 2.24) is 4.90 Å². The Kier molecular flexibility index (Phi) is 5.15. The van der Waals surface area contributed by atoms with Gasteiger partial charge in [-0.1, -0.05) is 27.4 Å². The van der Waals surface area contributed by atoms with E-state index in [0.29, 0.717) is 0 Å². The van der Waals surface area contributed by atoms with Gasteiger partial charge in [0.25, 0.3) is 0 Å². The largest absolute Gasteiger partial charge is 0.535 e. The van der Waals surface area contributed by atoms with Gasteiger partial charge < -0.3 is 9.33 Å². The van der Waals surface area contributed by atoms with Gasteiger partial charge in [-0.3, -0.25) is 0 Å². The SMILES string of the molecule is C=C(/C=C(/O[SiH](C)C)N(C)C)C(C)(C)C. The minimum absolute atomic E-state index is 0.100. The zero-order chi connectivity index (χ0) is 12.2. The Morgan fingerprint density at radius 3 is 2.00 bits per heavy atom. The number of hydrogen-bond donors (Lipinski definition) is 0. The number of hydrogen-bond acceptors (Lipinski definition) is 2. The van der Waals surface area contributed by atoms with E-state index in [1.54, 1.807) is 0 Å². The smallest absolute Gasteiger partial charge is 0.231 e. The Labute approximate surface area is 96.3 Å². The van der Waals surface area contributed by atoms with Gasteiger partial charge in [-0.2, -0.15) is 0 Å². The molecule has 0 saturated carbocycles. The van der Waals surface area contributed by atoms with E-state index in [1.807, 2.05) is 25.1 Å². The molecular formula is C12H25NOSi. The van der Waals surface area contributed by atoms with E-state index < -0.39 is 9.04 Å². The molecule has 0 aliphatic heterocycles. The summed E-state index contributed by atoms with van der Waals surface area (Å²) in [6, 6.07) is 0. The van der Waals surface area contributed by atoms with Crippen LogP contribution in [0.1, 0.15) is 20.8 Å². The van der Waals surface area contributed by atoms with Gasteiger partial charge in [0.1, 0.15) is 0 Å². The predicted octanol–water partition coefficient (Wildman–Crippen LogP) is 2.99.